The first kappa shape index (κ1) is 21.8. The van der Waals surface area contributed by atoms with Gasteiger partial charge in [-0.1, -0.05) is 41.9 Å². The molecule has 1 N–H and O–H groups in total. The van der Waals surface area contributed by atoms with Crippen LogP contribution in [-0.2, 0) is 22.4 Å². The number of carbonyl (C=O) groups is 2. The van der Waals surface area contributed by atoms with Crippen LogP contribution in [0.2, 0.25) is 5.02 Å². The number of ether oxygens (including phenoxy) is 1. The van der Waals surface area contributed by atoms with Gasteiger partial charge in [0.1, 0.15) is 5.82 Å². The van der Waals surface area contributed by atoms with Gasteiger partial charge in [0, 0.05) is 22.6 Å². The van der Waals surface area contributed by atoms with Crippen LogP contribution in [0.25, 0.3) is 22.4 Å². The minimum Gasteiger partial charge on any atom is -0.466 e. The number of rotatable bonds is 7. The number of H-pyrrole nitrogens is 1. The standard InChI is InChI=1S/C26H23ClN2O3/c1-3-32-25(31)14-18-7-9-21(16(2)11-18)26-28-22-10-8-19(15-23(22)29-26)24(30)13-17-5-4-6-20(27)12-17/h4-12,15H,3,13-14H2,1-2H3,(H,28,29). The molecule has 162 valence electrons. The largest absolute Gasteiger partial charge is 0.466 e. The van der Waals surface area contributed by atoms with Crippen molar-refractivity contribution in [3.63, 3.8) is 0 Å². The fraction of sp³-hybridized carbons (Fsp3) is 0.192. The molecule has 1 heterocycles. The molecule has 6 heteroatoms. The summed E-state index contributed by atoms with van der Waals surface area (Å²) in [6.07, 6.45) is 0.529. The molecule has 0 atom stereocenters. The molecular weight excluding hydrogens is 424 g/mol. The SMILES string of the molecule is CCOC(=O)Cc1ccc(-c2nc3ccc(C(=O)Cc4cccc(Cl)c4)cc3[nH]2)c(C)c1. The Kier molecular flexibility index (Phi) is 6.37. The number of halogens is 1. The van der Waals surface area contributed by atoms with Crippen molar-refractivity contribution in [3.05, 3.63) is 87.9 Å². The smallest absolute Gasteiger partial charge is 0.310 e. The number of esters is 1. The fourth-order valence-electron chi connectivity index (χ4n) is 3.73. The van der Waals surface area contributed by atoms with E-state index in [4.69, 9.17) is 16.3 Å². The van der Waals surface area contributed by atoms with Gasteiger partial charge in [0.25, 0.3) is 0 Å². The molecule has 0 spiro atoms. The average Bonchev–Trinajstić information content (AvgIpc) is 3.17. The van der Waals surface area contributed by atoms with Crippen LogP contribution in [-0.4, -0.2) is 28.3 Å². The molecule has 0 saturated carbocycles. The Labute approximate surface area is 191 Å². The maximum atomic E-state index is 12.8. The molecule has 0 fully saturated rings. The zero-order chi connectivity index (χ0) is 22.7. The molecule has 5 nitrogen and oxygen atoms in total. The van der Waals surface area contributed by atoms with Crippen LogP contribution in [0, 0.1) is 6.92 Å². The Hall–Kier alpha value is -3.44. The van der Waals surface area contributed by atoms with Crippen LogP contribution in [0.15, 0.2) is 60.7 Å². The summed E-state index contributed by atoms with van der Waals surface area (Å²) in [5.74, 6) is 0.503. The molecule has 0 aliphatic heterocycles. The average molecular weight is 447 g/mol. The lowest BCUT2D eigenvalue weighted by Gasteiger charge is -2.06. The van der Waals surface area contributed by atoms with Gasteiger partial charge in [-0.05, 0) is 60.9 Å². The minimum absolute atomic E-state index is 0.0183. The van der Waals surface area contributed by atoms with Gasteiger partial charge in [-0.3, -0.25) is 9.59 Å². The summed E-state index contributed by atoms with van der Waals surface area (Å²) in [6, 6.07) is 18.7. The lowest BCUT2D eigenvalue weighted by molar-refractivity contribution is -0.142. The number of hydrogen-bond acceptors (Lipinski definition) is 4. The molecular formula is C26H23ClN2O3. The summed E-state index contributed by atoms with van der Waals surface area (Å²) in [5, 5.41) is 0.618. The van der Waals surface area contributed by atoms with E-state index in [1.165, 1.54) is 0 Å². The van der Waals surface area contributed by atoms with Crippen molar-refractivity contribution in [2.24, 2.45) is 0 Å². The third kappa shape index (κ3) is 4.89. The first-order valence-corrected chi connectivity index (χ1v) is 10.8. The van der Waals surface area contributed by atoms with Gasteiger partial charge in [-0.25, -0.2) is 4.98 Å². The summed E-state index contributed by atoms with van der Waals surface area (Å²) in [6.45, 7) is 4.15. The molecule has 4 aromatic rings. The molecule has 0 bridgehead atoms. The number of benzene rings is 3. The van der Waals surface area contributed by atoms with Crippen LogP contribution >= 0.6 is 11.6 Å². The van der Waals surface area contributed by atoms with Crippen molar-refractivity contribution in [3.8, 4) is 11.4 Å². The van der Waals surface area contributed by atoms with E-state index < -0.39 is 0 Å². The molecule has 1 aromatic heterocycles. The molecule has 3 aromatic carbocycles. The second kappa shape index (κ2) is 9.37. The lowest BCUT2D eigenvalue weighted by Crippen LogP contribution is -2.07. The number of aryl methyl sites for hydroxylation is 1. The van der Waals surface area contributed by atoms with Crippen molar-refractivity contribution in [1.29, 1.82) is 0 Å². The van der Waals surface area contributed by atoms with Gasteiger partial charge in [-0.2, -0.15) is 0 Å². The van der Waals surface area contributed by atoms with Gasteiger partial charge in [0.2, 0.25) is 0 Å². The molecule has 0 saturated heterocycles. The van der Waals surface area contributed by atoms with Gasteiger partial charge in [-0.15, -0.1) is 0 Å². The normalized spacial score (nSPS) is 11.0. The van der Waals surface area contributed by atoms with E-state index in [9.17, 15) is 9.59 Å². The zero-order valence-corrected chi connectivity index (χ0v) is 18.7. The highest BCUT2D eigenvalue weighted by Crippen LogP contribution is 2.26. The highest BCUT2D eigenvalue weighted by Gasteiger charge is 2.13. The van der Waals surface area contributed by atoms with Crippen LogP contribution < -0.4 is 0 Å². The highest BCUT2D eigenvalue weighted by atomic mass is 35.5. The predicted octanol–water partition coefficient (Wildman–Crippen LogP) is 5.72. The van der Waals surface area contributed by atoms with E-state index in [1.54, 1.807) is 25.1 Å². The maximum absolute atomic E-state index is 12.8. The van der Waals surface area contributed by atoms with Crippen molar-refractivity contribution < 1.29 is 14.3 Å². The molecule has 0 amide bonds. The van der Waals surface area contributed by atoms with Gasteiger partial charge >= 0.3 is 5.97 Å². The number of imidazole rings is 1. The number of nitrogens with one attached hydrogen (secondary N) is 1. The molecule has 0 aliphatic carbocycles. The Balaban J connectivity index is 1.56. The Morgan fingerprint density at radius 3 is 2.56 bits per heavy atom. The quantitative estimate of drug-likeness (QED) is 0.291. The van der Waals surface area contributed by atoms with Crippen molar-refractivity contribution in [2.45, 2.75) is 26.7 Å². The third-order valence-electron chi connectivity index (χ3n) is 5.26. The molecule has 0 unspecified atom stereocenters. The van der Waals surface area contributed by atoms with E-state index >= 15 is 0 Å². The Bertz CT molecular complexity index is 1310. The first-order valence-electron chi connectivity index (χ1n) is 10.5. The predicted molar refractivity (Wildman–Crippen MR) is 126 cm³/mol. The van der Waals surface area contributed by atoms with Crippen molar-refractivity contribution in [1.82, 2.24) is 9.97 Å². The number of nitrogens with zero attached hydrogens (tertiary/aromatic N) is 1. The van der Waals surface area contributed by atoms with Gasteiger partial charge in [0.15, 0.2) is 5.78 Å². The fourth-order valence-corrected chi connectivity index (χ4v) is 3.94. The first-order chi connectivity index (χ1) is 15.4. The Morgan fingerprint density at radius 1 is 1.00 bits per heavy atom. The van der Waals surface area contributed by atoms with E-state index in [2.05, 4.69) is 9.97 Å². The van der Waals surface area contributed by atoms with Crippen LogP contribution in [0.4, 0.5) is 0 Å². The van der Waals surface area contributed by atoms with E-state index in [-0.39, 0.29) is 24.6 Å². The number of Topliss-reactive ketones (excluding diaryl/α,β-unsaturated/α-hetero) is 1. The topological polar surface area (TPSA) is 72.0 Å². The molecule has 4 rings (SSSR count). The molecule has 0 aliphatic rings. The van der Waals surface area contributed by atoms with Crippen molar-refractivity contribution in [2.75, 3.05) is 6.61 Å². The number of aromatic amines is 1. The monoisotopic (exact) mass is 446 g/mol. The summed E-state index contributed by atoms with van der Waals surface area (Å²) < 4.78 is 5.02. The molecule has 32 heavy (non-hydrogen) atoms. The minimum atomic E-state index is -0.238. The second-order valence-corrected chi connectivity index (χ2v) is 8.11. The van der Waals surface area contributed by atoms with Gasteiger partial charge in [0.05, 0.1) is 24.1 Å². The second-order valence-electron chi connectivity index (χ2n) is 7.68. The van der Waals surface area contributed by atoms with E-state index in [0.29, 0.717) is 17.2 Å². The number of carbonyl (C=O) groups excluding carboxylic acids is 2. The van der Waals surface area contributed by atoms with E-state index in [0.717, 1.165) is 39.1 Å². The van der Waals surface area contributed by atoms with E-state index in [1.807, 2.05) is 49.4 Å². The number of fused-ring (bicyclic) bond motifs is 1. The van der Waals surface area contributed by atoms with Crippen molar-refractivity contribution >= 4 is 34.4 Å². The third-order valence-corrected chi connectivity index (χ3v) is 5.49. The van der Waals surface area contributed by atoms with Crippen LogP contribution in [0.3, 0.4) is 0 Å². The molecule has 0 radical (unpaired) electrons. The summed E-state index contributed by atoms with van der Waals surface area (Å²) in [7, 11) is 0. The maximum Gasteiger partial charge on any atom is 0.310 e. The number of ketones is 1. The number of aromatic nitrogens is 2. The Morgan fingerprint density at radius 2 is 1.81 bits per heavy atom. The van der Waals surface area contributed by atoms with Crippen LogP contribution in [0.5, 0.6) is 0 Å². The summed E-state index contributed by atoms with van der Waals surface area (Å²) in [5.41, 5.74) is 5.93. The number of hydrogen-bond donors (Lipinski definition) is 1. The summed E-state index contributed by atoms with van der Waals surface area (Å²) >= 11 is 6.03. The summed E-state index contributed by atoms with van der Waals surface area (Å²) in [4.78, 5) is 32.5. The lowest BCUT2D eigenvalue weighted by atomic mass is 10.0. The van der Waals surface area contributed by atoms with Gasteiger partial charge < -0.3 is 9.72 Å². The zero-order valence-electron chi connectivity index (χ0n) is 17.9. The van der Waals surface area contributed by atoms with Crippen LogP contribution in [0.1, 0.15) is 34.0 Å². The highest BCUT2D eigenvalue weighted by molar-refractivity contribution is 6.30.